The molecule has 0 amide bonds. The van der Waals surface area contributed by atoms with Crippen LogP contribution in [-0.4, -0.2) is 19.9 Å². The third kappa shape index (κ3) is 3.45. The average Bonchev–Trinajstić information content (AvgIpc) is 3.27. The van der Waals surface area contributed by atoms with E-state index in [1.54, 1.807) is 22.7 Å². The number of hydrogen-bond donors (Lipinski definition) is 3. The van der Waals surface area contributed by atoms with Crippen LogP contribution in [0.15, 0.2) is 42.7 Å². The molecule has 0 aliphatic rings. The van der Waals surface area contributed by atoms with Gasteiger partial charge < -0.3 is 16.4 Å². The fraction of sp³-hybridized carbons (Fsp3) is 0.100. The summed E-state index contributed by atoms with van der Waals surface area (Å²) in [6.45, 7) is 4.13. The molecular formula is C20H17N7S2. The number of rotatable bonds is 4. The summed E-state index contributed by atoms with van der Waals surface area (Å²) >= 11 is 3.12. The maximum absolute atomic E-state index is 6.32. The van der Waals surface area contributed by atoms with Gasteiger partial charge in [0.2, 0.25) is 0 Å². The first-order chi connectivity index (χ1) is 14.0. The molecule has 0 saturated heterocycles. The van der Waals surface area contributed by atoms with Crippen LogP contribution in [0, 0.1) is 13.8 Å². The van der Waals surface area contributed by atoms with E-state index in [2.05, 4.69) is 56.5 Å². The number of anilines is 5. The fourth-order valence-corrected chi connectivity index (χ4v) is 4.89. The van der Waals surface area contributed by atoms with E-state index < -0.39 is 0 Å². The second kappa shape index (κ2) is 6.94. The van der Waals surface area contributed by atoms with Crippen molar-refractivity contribution in [3.63, 3.8) is 0 Å². The third-order valence-electron chi connectivity index (χ3n) is 4.42. The maximum Gasteiger partial charge on any atom is 0.189 e. The molecule has 0 aliphatic heterocycles. The molecular weight excluding hydrogens is 402 g/mol. The largest absolute Gasteiger partial charge is 0.393 e. The van der Waals surface area contributed by atoms with Crippen molar-refractivity contribution in [1.29, 1.82) is 0 Å². The molecule has 0 saturated carbocycles. The second-order valence-corrected chi connectivity index (χ2v) is 8.78. The van der Waals surface area contributed by atoms with Crippen molar-refractivity contribution in [3.05, 3.63) is 53.9 Å². The Hall–Kier alpha value is -3.30. The Kier molecular flexibility index (Phi) is 4.26. The van der Waals surface area contributed by atoms with Crippen molar-refractivity contribution in [2.45, 2.75) is 13.8 Å². The fourth-order valence-electron chi connectivity index (χ4n) is 2.97. The quantitative estimate of drug-likeness (QED) is 0.359. The number of nitrogens with one attached hydrogen (secondary N) is 2. The molecule has 0 radical (unpaired) electrons. The highest BCUT2D eigenvalue weighted by atomic mass is 32.1. The first-order valence-electron chi connectivity index (χ1n) is 8.94. The summed E-state index contributed by atoms with van der Waals surface area (Å²) in [4.78, 5) is 17.8. The summed E-state index contributed by atoms with van der Waals surface area (Å²) in [5.74, 6) is 1.02. The third-order valence-corrected chi connectivity index (χ3v) is 6.29. The zero-order valence-electron chi connectivity index (χ0n) is 15.7. The van der Waals surface area contributed by atoms with Gasteiger partial charge in [0.15, 0.2) is 21.9 Å². The van der Waals surface area contributed by atoms with Gasteiger partial charge in [0.1, 0.15) is 12.0 Å². The van der Waals surface area contributed by atoms with Crippen LogP contribution in [0.1, 0.15) is 11.1 Å². The topological polar surface area (TPSA) is 102 Å². The van der Waals surface area contributed by atoms with Crippen molar-refractivity contribution < 1.29 is 0 Å². The second-order valence-electron chi connectivity index (χ2n) is 6.71. The lowest BCUT2D eigenvalue weighted by Gasteiger charge is -2.09. The van der Waals surface area contributed by atoms with Gasteiger partial charge in [0, 0.05) is 0 Å². The lowest BCUT2D eigenvalue weighted by atomic mass is 10.2. The molecule has 7 nitrogen and oxygen atoms in total. The van der Waals surface area contributed by atoms with E-state index >= 15 is 0 Å². The van der Waals surface area contributed by atoms with Gasteiger partial charge >= 0.3 is 0 Å². The monoisotopic (exact) mass is 419 g/mol. The van der Waals surface area contributed by atoms with Crippen LogP contribution in [-0.2, 0) is 0 Å². The van der Waals surface area contributed by atoms with Gasteiger partial charge in [-0.25, -0.2) is 19.9 Å². The van der Waals surface area contributed by atoms with Crippen molar-refractivity contribution in [1.82, 2.24) is 19.9 Å². The Morgan fingerprint density at radius 1 is 0.759 bits per heavy atom. The Labute approximate surface area is 174 Å². The predicted molar refractivity (Wildman–Crippen MR) is 122 cm³/mol. The Bertz CT molecular complexity index is 1260. The van der Waals surface area contributed by atoms with E-state index in [0.717, 1.165) is 30.7 Å². The molecule has 0 atom stereocenters. The van der Waals surface area contributed by atoms with Crippen LogP contribution in [0.25, 0.3) is 20.4 Å². The molecule has 0 aliphatic carbocycles. The Morgan fingerprint density at radius 3 is 1.72 bits per heavy atom. The molecule has 9 heteroatoms. The molecule has 0 unspecified atom stereocenters. The highest BCUT2D eigenvalue weighted by molar-refractivity contribution is 7.22. The number of fused-ring (bicyclic) bond motifs is 2. The van der Waals surface area contributed by atoms with Gasteiger partial charge in [-0.15, -0.1) is 0 Å². The van der Waals surface area contributed by atoms with Crippen molar-refractivity contribution in [3.8, 4) is 0 Å². The molecule has 0 fully saturated rings. The lowest BCUT2D eigenvalue weighted by molar-refractivity contribution is 1.17. The minimum atomic E-state index is 0.415. The SMILES string of the molecule is Cc1ccc2nc(Nc3ncnc(Nc4nc5ccc(C)cc5s4)c3N)sc2c1. The van der Waals surface area contributed by atoms with E-state index in [4.69, 9.17) is 5.73 Å². The smallest absolute Gasteiger partial charge is 0.189 e. The molecule has 144 valence electrons. The molecule has 0 bridgehead atoms. The summed E-state index contributed by atoms with van der Waals surface area (Å²) < 4.78 is 2.23. The van der Waals surface area contributed by atoms with Gasteiger partial charge in [0.25, 0.3) is 0 Å². The highest BCUT2D eigenvalue weighted by Crippen LogP contribution is 2.34. The predicted octanol–water partition coefficient (Wildman–Crippen LogP) is 5.38. The molecule has 3 heterocycles. The van der Waals surface area contributed by atoms with Crippen LogP contribution in [0.3, 0.4) is 0 Å². The number of thiazole rings is 2. The normalized spacial score (nSPS) is 11.2. The number of nitrogens with zero attached hydrogens (tertiary/aromatic N) is 4. The van der Waals surface area contributed by atoms with Gasteiger partial charge in [-0.2, -0.15) is 0 Å². The number of nitrogens with two attached hydrogens (primary N) is 1. The molecule has 29 heavy (non-hydrogen) atoms. The van der Waals surface area contributed by atoms with Crippen LogP contribution < -0.4 is 16.4 Å². The van der Waals surface area contributed by atoms with Crippen molar-refractivity contribution >= 4 is 70.7 Å². The molecule has 2 aromatic carbocycles. The zero-order valence-corrected chi connectivity index (χ0v) is 17.4. The maximum atomic E-state index is 6.32. The molecule has 3 aromatic heterocycles. The van der Waals surface area contributed by atoms with Crippen LogP contribution >= 0.6 is 22.7 Å². The molecule has 5 rings (SSSR count). The van der Waals surface area contributed by atoms with E-state index in [1.807, 2.05) is 24.3 Å². The summed E-state index contributed by atoms with van der Waals surface area (Å²) in [6.07, 6.45) is 1.47. The first-order valence-corrected chi connectivity index (χ1v) is 10.6. The molecule has 0 spiro atoms. The highest BCUT2D eigenvalue weighted by Gasteiger charge is 2.13. The summed E-state index contributed by atoms with van der Waals surface area (Å²) in [6, 6.07) is 12.3. The lowest BCUT2D eigenvalue weighted by Crippen LogP contribution is -2.04. The van der Waals surface area contributed by atoms with E-state index in [0.29, 0.717) is 17.3 Å². The number of aryl methyl sites for hydroxylation is 2. The van der Waals surface area contributed by atoms with E-state index in [1.165, 1.54) is 17.5 Å². The standard InChI is InChI=1S/C20H17N7S2/c1-10-3-5-12-14(7-10)28-19(24-12)26-17-16(21)18(23-9-22-17)27-20-25-13-6-4-11(2)8-15(13)29-20/h3-9H,21H2,1-2H3,(H2,22,23,24,25,26,27). The van der Waals surface area contributed by atoms with Gasteiger partial charge in [-0.05, 0) is 49.2 Å². The Morgan fingerprint density at radius 2 is 1.24 bits per heavy atom. The van der Waals surface area contributed by atoms with E-state index in [9.17, 15) is 0 Å². The summed E-state index contributed by atoms with van der Waals surface area (Å²) in [7, 11) is 0. The van der Waals surface area contributed by atoms with Crippen molar-refractivity contribution in [2.24, 2.45) is 0 Å². The van der Waals surface area contributed by atoms with Crippen LogP contribution in [0.2, 0.25) is 0 Å². The van der Waals surface area contributed by atoms with E-state index in [-0.39, 0.29) is 0 Å². The zero-order chi connectivity index (χ0) is 20.0. The van der Waals surface area contributed by atoms with Crippen LogP contribution in [0.5, 0.6) is 0 Å². The number of nitrogen functional groups attached to an aromatic ring is 1. The average molecular weight is 420 g/mol. The number of aromatic nitrogens is 4. The van der Waals surface area contributed by atoms with Crippen LogP contribution in [0.4, 0.5) is 27.6 Å². The minimum Gasteiger partial charge on any atom is -0.393 e. The van der Waals surface area contributed by atoms with Crippen molar-refractivity contribution in [2.75, 3.05) is 16.4 Å². The first kappa shape index (κ1) is 17.8. The molecule has 5 aromatic rings. The van der Waals surface area contributed by atoms with Gasteiger partial charge in [-0.1, -0.05) is 34.8 Å². The molecule has 4 N–H and O–H groups in total. The summed E-state index contributed by atoms with van der Waals surface area (Å²) in [5.41, 5.74) is 11.0. The number of hydrogen-bond acceptors (Lipinski definition) is 9. The minimum absolute atomic E-state index is 0.415. The number of benzene rings is 2. The van der Waals surface area contributed by atoms with Gasteiger partial charge in [0.05, 0.1) is 20.4 Å². The summed E-state index contributed by atoms with van der Waals surface area (Å²) in [5, 5.41) is 7.90. The van der Waals surface area contributed by atoms with Gasteiger partial charge in [-0.3, -0.25) is 0 Å². The Balaban J connectivity index is 1.43.